The van der Waals surface area contributed by atoms with Crippen LogP contribution in [0.2, 0.25) is 0 Å². The minimum Gasteiger partial charge on any atom is -0.385 e. The van der Waals surface area contributed by atoms with Crippen LogP contribution in [-0.2, 0) is 0 Å². The van der Waals surface area contributed by atoms with Crippen molar-refractivity contribution in [2.24, 2.45) is 0 Å². The molecular weight excluding hydrogens is 187 g/mol. The van der Waals surface area contributed by atoms with Crippen molar-refractivity contribution in [2.45, 2.75) is 32.4 Å². The van der Waals surface area contributed by atoms with Crippen molar-refractivity contribution in [3.8, 4) is 0 Å². The average molecular weight is 204 g/mol. The molecule has 2 radical (unpaired) electrons. The molecule has 80 valence electrons. The molecule has 0 bridgehead atoms. The van der Waals surface area contributed by atoms with Crippen LogP contribution in [0.4, 0.5) is 0 Å². The van der Waals surface area contributed by atoms with Crippen molar-refractivity contribution in [3.63, 3.8) is 0 Å². The van der Waals surface area contributed by atoms with Gasteiger partial charge in [0.1, 0.15) is 14.0 Å². The molecule has 0 saturated carbocycles. The maximum atomic E-state index is 9.83. The second-order valence-corrected chi connectivity index (χ2v) is 4.63. The molecule has 0 amide bonds. The molecule has 0 aliphatic rings. The van der Waals surface area contributed by atoms with Gasteiger partial charge in [-0.05, 0) is 32.4 Å². The van der Waals surface area contributed by atoms with Gasteiger partial charge in [0.25, 0.3) is 0 Å². The first-order valence-electron chi connectivity index (χ1n) is 5.04. The summed E-state index contributed by atoms with van der Waals surface area (Å²) in [4.78, 5) is 4.06. The first kappa shape index (κ1) is 12.2. The van der Waals surface area contributed by atoms with Crippen molar-refractivity contribution >= 4 is 13.4 Å². The lowest BCUT2D eigenvalue weighted by molar-refractivity contribution is 0.159. The van der Waals surface area contributed by atoms with Crippen molar-refractivity contribution in [3.05, 3.63) is 23.9 Å². The third-order valence-corrected chi connectivity index (χ3v) is 1.96. The van der Waals surface area contributed by atoms with Gasteiger partial charge in [-0.1, -0.05) is 12.1 Å². The number of aromatic nitrogens is 1. The van der Waals surface area contributed by atoms with Gasteiger partial charge in [0.2, 0.25) is 0 Å². The van der Waals surface area contributed by atoms with E-state index in [0.717, 1.165) is 0 Å². The molecule has 15 heavy (non-hydrogen) atoms. The van der Waals surface area contributed by atoms with Crippen LogP contribution in [-0.4, -0.2) is 30.0 Å². The first-order valence-corrected chi connectivity index (χ1v) is 5.04. The van der Waals surface area contributed by atoms with Gasteiger partial charge >= 0.3 is 0 Å². The smallest absolute Gasteiger partial charge is 0.141 e. The van der Waals surface area contributed by atoms with Crippen molar-refractivity contribution in [1.82, 2.24) is 10.3 Å². The van der Waals surface area contributed by atoms with E-state index in [2.05, 4.69) is 10.3 Å². The van der Waals surface area contributed by atoms with Crippen LogP contribution in [0, 0.1) is 0 Å². The van der Waals surface area contributed by atoms with Gasteiger partial charge in [0.05, 0.1) is 5.69 Å². The molecule has 0 fully saturated rings. The first-order chi connectivity index (χ1) is 6.88. The SMILES string of the molecule is [B]c1cccc([C@@H](O)CNC(C)(C)C)n1. The number of rotatable bonds is 3. The summed E-state index contributed by atoms with van der Waals surface area (Å²) in [6.07, 6.45) is -0.618. The summed E-state index contributed by atoms with van der Waals surface area (Å²) in [5.74, 6) is 0. The van der Waals surface area contributed by atoms with E-state index in [9.17, 15) is 5.11 Å². The highest BCUT2D eigenvalue weighted by atomic mass is 16.3. The van der Waals surface area contributed by atoms with Crippen LogP contribution in [0.15, 0.2) is 18.2 Å². The molecule has 4 heteroatoms. The van der Waals surface area contributed by atoms with Gasteiger partial charge < -0.3 is 10.4 Å². The van der Waals surface area contributed by atoms with Crippen LogP contribution in [0.1, 0.15) is 32.6 Å². The Kier molecular flexibility index (Phi) is 3.88. The zero-order valence-corrected chi connectivity index (χ0v) is 9.49. The number of nitrogens with zero attached hydrogens (tertiary/aromatic N) is 1. The molecule has 0 aromatic carbocycles. The van der Waals surface area contributed by atoms with Crippen LogP contribution < -0.4 is 10.9 Å². The summed E-state index contributed by atoms with van der Waals surface area (Å²) in [6, 6.07) is 5.26. The number of nitrogens with one attached hydrogen (secondary N) is 1. The van der Waals surface area contributed by atoms with Crippen LogP contribution in [0.25, 0.3) is 0 Å². The van der Waals surface area contributed by atoms with E-state index >= 15 is 0 Å². The number of aliphatic hydroxyl groups excluding tert-OH is 1. The Morgan fingerprint density at radius 3 is 2.67 bits per heavy atom. The predicted octanol–water partition coefficient (Wildman–Crippen LogP) is 0.297. The number of hydrogen-bond donors (Lipinski definition) is 2. The lowest BCUT2D eigenvalue weighted by Gasteiger charge is -2.22. The fraction of sp³-hybridized carbons (Fsp3) is 0.545. The van der Waals surface area contributed by atoms with Crippen molar-refractivity contribution in [2.75, 3.05) is 6.54 Å². The minimum atomic E-state index is -0.618. The Balaban J connectivity index is 2.58. The zero-order chi connectivity index (χ0) is 11.5. The number of aliphatic hydroxyl groups is 1. The lowest BCUT2D eigenvalue weighted by atomic mass is 10.0. The Bertz CT molecular complexity index is 323. The summed E-state index contributed by atoms with van der Waals surface area (Å²) in [5, 5.41) is 13.0. The Morgan fingerprint density at radius 2 is 2.13 bits per heavy atom. The summed E-state index contributed by atoms with van der Waals surface area (Å²) >= 11 is 0. The molecule has 0 spiro atoms. The van der Waals surface area contributed by atoms with E-state index in [1.807, 2.05) is 20.8 Å². The van der Waals surface area contributed by atoms with E-state index in [4.69, 9.17) is 7.85 Å². The molecule has 0 saturated heterocycles. The van der Waals surface area contributed by atoms with E-state index in [1.54, 1.807) is 18.2 Å². The van der Waals surface area contributed by atoms with Gasteiger partial charge in [-0.25, -0.2) is 0 Å². The number of hydrogen-bond acceptors (Lipinski definition) is 3. The summed E-state index contributed by atoms with van der Waals surface area (Å²) in [6.45, 7) is 6.62. The fourth-order valence-electron chi connectivity index (χ4n) is 1.16. The summed E-state index contributed by atoms with van der Waals surface area (Å²) in [5.41, 5.74) is 1.02. The fourth-order valence-corrected chi connectivity index (χ4v) is 1.16. The second kappa shape index (κ2) is 4.77. The molecule has 1 aromatic rings. The summed E-state index contributed by atoms with van der Waals surface area (Å²) in [7, 11) is 5.54. The monoisotopic (exact) mass is 204 g/mol. The summed E-state index contributed by atoms with van der Waals surface area (Å²) < 4.78 is 0. The largest absolute Gasteiger partial charge is 0.385 e. The normalized spacial score (nSPS) is 13.9. The number of β-amino-alcohol motifs (C(OH)–C–C–N with tert-alkyl or cyclic N) is 1. The van der Waals surface area contributed by atoms with E-state index in [-0.39, 0.29) is 5.54 Å². The lowest BCUT2D eigenvalue weighted by Crippen LogP contribution is -2.38. The van der Waals surface area contributed by atoms with Gasteiger partial charge in [0.15, 0.2) is 0 Å². The molecule has 2 N–H and O–H groups in total. The highest BCUT2D eigenvalue weighted by Crippen LogP contribution is 2.08. The molecule has 1 aromatic heterocycles. The maximum absolute atomic E-state index is 9.83. The molecule has 0 aliphatic carbocycles. The zero-order valence-electron chi connectivity index (χ0n) is 9.49. The molecule has 0 aliphatic heterocycles. The van der Waals surface area contributed by atoms with E-state index in [0.29, 0.717) is 17.8 Å². The molecule has 0 unspecified atom stereocenters. The van der Waals surface area contributed by atoms with Gasteiger partial charge in [-0.3, -0.25) is 4.98 Å². The van der Waals surface area contributed by atoms with Crippen molar-refractivity contribution in [1.29, 1.82) is 0 Å². The Labute approximate surface area is 92.3 Å². The molecule has 1 rings (SSSR count). The van der Waals surface area contributed by atoms with Gasteiger partial charge in [-0.15, -0.1) is 0 Å². The molecular formula is C11H17BN2O. The number of pyridine rings is 1. The second-order valence-electron chi connectivity index (χ2n) is 4.63. The quantitative estimate of drug-likeness (QED) is 0.696. The molecule has 1 heterocycles. The highest BCUT2D eigenvalue weighted by molar-refractivity contribution is 6.30. The van der Waals surface area contributed by atoms with Gasteiger partial charge in [0, 0.05) is 12.1 Å². The third-order valence-electron chi connectivity index (χ3n) is 1.96. The van der Waals surface area contributed by atoms with Crippen LogP contribution in [0.3, 0.4) is 0 Å². The topological polar surface area (TPSA) is 45.1 Å². The third kappa shape index (κ3) is 4.45. The van der Waals surface area contributed by atoms with Crippen LogP contribution in [0.5, 0.6) is 0 Å². The Hall–Kier alpha value is -0.865. The average Bonchev–Trinajstić information content (AvgIpc) is 2.13. The minimum absolute atomic E-state index is 0.0126. The molecule has 1 atom stereocenters. The Morgan fingerprint density at radius 1 is 1.47 bits per heavy atom. The standard InChI is InChI=1S/C11H17BN2O/c1-11(2,3)13-7-9(15)8-5-4-6-10(12)14-8/h4-6,9,13,15H,7H2,1-3H3/t9-/m0/s1. The maximum Gasteiger partial charge on any atom is 0.141 e. The van der Waals surface area contributed by atoms with E-state index in [1.165, 1.54) is 0 Å². The molecule has 3 nitrogen and oxygen atoms in total. The van der Waals surface area contributed by atoms with Gasteiger partial charge in [-0.2, -0.15) is 0 Å². The van der Waals surface area contributed by atoms with Crippen LogP contribution >= 0.6 is 0 Å². The van der Waals surface area contributed by atoms with E-state index < -0.39 is 6.10 Å². The van der Waals surface area contributed by atoms with Crippen molar-refractivity contribution < 1.29 is 5.11 Å². The highest BCUT2D eigenvalue weighted by Gasteiger charge is 2.14. The predicted molar refractivity (Wildman–Crippen MR) is 62.3 cm³/mol.